The van der Waals surface area contributed by atoms with Crippen molar-refractivity contribution in [3.63, 3.8) is 0 Å². The lowest BCUT2D eigenvalue weighted by molar-refractivity contribution is -0.142. The van der Waals surface area contributed by atoms with Crippen LogP contribution in [0.2, 0.25) is 0 Å². The van der Waals surface area contributed by atoms with Crippen LogP contribution in [-0.2, 0) is 4.79 Å². The number of hydrogen-bond donors (Lipinski definition) is 2. The van der Waals surface area contributed by atoms with E-state index in [-0.39, 0.29) is 18.4 Å². The topological polar surface area (TPSA) is 105 Å². The maximum absolute atomic E-state index is 12.1. The maximum Gasteiger partial charge on any atom is 0.324 e. The van der Waals surface area contributed by atoms with Crippen molar-refractivity contribution in [1.82, 2.24) is 14.9 Å². The van der Waals surface area contributed by atoms with Crippen LogP contribution in [0.15, 0.2) is 6.07 Å². The minimum atomic E-state index is -0.883. The first kappa shape index (κ1) is 15.0. The lowest BCUT2D eigenvalue weighted by Crippen LogP contribution is -2.34. The van der Waals surface area contributed by atoms with Gasteiger partial charge in [0.1, 0.15) is 0 Å². The highest BCUT2D eigenvalue weighted by Crippen LogP contribution is 2.23. The van der Waals surface area contributed by atoms with E-state index in [0.717, 1.165) is 0 Å². The minimum Gasteiger partial charge on any atom is -0.481 e. The predicted octanol–water partition coefficient (Wildman–Crippen LogP) is 0.978. The summed E-state index contributed by atoms with van der Waals surface area (Å²) in [5, 5.41) is 11.6. The number of nitrogens with zero attached hydrogens (tertiary/aromatic N) is 3. The number of aryl methyl sites for hydroxylation is 1. The summed E-state index contributed by atoms with van der Waals surface area (Å²) in [6.07, 6.45) is 0. The molecule has 0 bridgehead atoms. The number of methoxy groups -OCH3 is 1. The molecule has 0 radical (unpaired) electrons. The first-order valence-electron chi connectivity index (χ1n) is 6.59. The van der Waals surface area contributed by atoms with Gasteiger partial charge in [0.2, 0.25) is 11.8 Å². The SMILES string of the molecule is COc1cc(C)nc(NC(=O)N2CC(C)C(C(=O)O)C2)n1. The van der Waals surface area contributed by atoms with Gasteiger partial charge in [-0.2, -0.15) is 4.98 Å². The number of carbonyl (C=O) groups excluding carboxylic acids is 1. The second-order valence-corrected chi connectivity index (χ2v) is 5.13. The van der Waals surface area contributed by atoms with Gasteiger partial charge < -0.3 is 14.7 Å². The van der Waals surface area contributed by atoms with Crippen LogP contribution in [0.4, 0.5) is 10.7 Å². The van der Waals surface area contributed by atoms with Crippen molar-refractivity contribution in [2.24, 2.45) is 11.8 Å². The molecule has 1 saturated heterocycles. The molecule has 2 N–H and O–H groups in total. The Kier molecular flexibility index (Phi) is 4.25. The first-order valence-corrected chi connectivity index (χ1v) is 6.59. The van der Waals surface area contributed by atoms with Gasteiger partial charge in [0.05, 0.1) is 13.0 Å². The van der Waals surface area contributed by atoms with Gasteiger partial charge in [0.15, 0.2) is 0 Å². The molecule has 0 saturated carbocycles. The molecule has 1 aliphatic rings. The number of carboxylic acid groups (broad SMARTS) is 1. The molecule has 8 nitrogen and oxygen atoms in total. The zero-order valence-electron chi connectivity index (χ0n) is 12.2. The Labute approximate surface area is 122 Å². The number of hydrogen-bond acceptors (Lipinski definition) is 5. The van der Waals surface area contributed by atoms with E-state index in [4.69, 9.17) is 9.84 Å². The van der Waals surface area contributed by atoms with Crippen molar-refractivity contribution < 1.29 is 19.4 Å². The van der Waals surface area contributed by atoms with E-state index in [1.807, 2.05) is 6.92 Å². The van der Waals surface area contributed by atoms with Crippen LogP contribution in [0.3, 0.4) is 0 Å². The quantitative estimate of drug-likeness (QED) is 0.861. The van der Waals surface area contributed by atoms with Gasteiger partial charge >= 0.3 is 12.0 Å². The smallest absolute Gasteiger partial charge is 0.324 e. The van der Waals surface area contributed by atoms with Gasteiger partial charge in [-0.1, -0.05) is 6.92 Å². The second kappa shape index (κ2) is 5.94. The molecule has 1 aromatic rings. The fourth-order valence-corrected chi connectivity index (χ4v) is 2.33. The number of nitrogens with one attached hydrogen (secondary N) is 1. The van der Waals surface area contributed by atoms with Gasteiger partial charge in [-0.05, 0) is 12.8 Å². The third kappa shape index (κ3) is 3.39. The summed E-state index contributed by atoms with van der Waals surface area (Å²) >= 11 is 0. The molecule has 0 aromatic carbocycles. The van der Waals surface area contributed by atoms with Gasteiger partial charge in [0, 0.05) is 24.8 Å². The number of rotatable bonds is 3. The first-order chi connectivity index (χ1) is 9.90. The second-order valence-electron chi connectivity index (χ2n) is 5.13. The monoisotopic (exact) mass is 294 g/mol. The number of likely N-dealkylation sites (tertiary alicyclic amines) is 1. The molecular formula is C13H18N4O4. The van der Waals surface area contributed by atoms with E-state index in [1.165, 1.54) is 12.0 Å². The molecule has 2 unspecified atom stereocenters. The largest absolute Gasteiger partial charge is 0.481 e. The van der Waals surface area contributed by atoms with Crippen LogP contribution in [-0.4, -0.2) is 52.2 Å². The third-order valence-corrected chi connectivity index (χ3v) is 3.48. The summed E-state index contributed by atoms with van der Waals surface area (Å²) in [7, 11) is 1.48. The molecule has 114 valence electrons. The Morgan fingerprint density at radius 2 is 2.14 bits per heavy atom. The van der Waals surface area contributed by atoms with E-state index >= 15 is 0 Å². The number of carbonyl (C=O) groups is 2. The van der Waals surface area contributed by atoms with Crippen LogP contribution < -0.4 is 10.1 Å². The van der Waals surface area contributed by atoms with Gasteiger partial charge in [-0.25, -0.2) is 9.78 Å². The summed E-state index contributed by atoms with van der Waals surface area (Å²) < 4.78 is 5.01. The highest BCUT2D eigenvalue weighted by Gasteiger charge is 2.37. The minimum absolute atomic E-state index is 0.0822. The molecule has 21 heavy (non-hydrogen) atoms. The summed E-state index contributed by atoms with van der Waals surface area (Å²) in [6.45, 7) is 4.16. The number of aliphatic carboxylic acids is 1. The molecule has 1 aromatic heterocycles. The Balaban J connectivity index is 2.05. The Bertz CT molecular complexity index is 563. The molecule has 2 amide bonds. The van der Waals surface area contributed by atoms with Crippen LogP contribution in [0, 0.1) is 18.8 Å². The highest BCUT2D eigenvalue weighted by molar-refractivity contribution is 5.88. The Hall–Kier alpha value is -2.38. The lowest BCUT2D eigenvalue weighted by atomic mass is 9.99. The van der Waals surface area contributed by atoms with Crippen LogP contribution in [0.5, 0.6) is 5.88 Å². The third-order valence-electron chi connectivity index (χ3n) is 3.48. The number of amides is 2. The Morgan fingerprint density at radius 3 is 2.71 bits per heavy atom. The van der Waals surface area contributed by atoms with Crippen molar-refractivity contribution in [1.29, 1.82) is 0 Å². The number of ether oxygens (including phenoxy) is 1. The zero-order chi connectivity index (χ0) is 15.6. The number of aromatic nitrogens is 2. The summed E-state index contributed by atoms with van der Waals surface area (Å²) in [5.74, 6) is -1.00. The maximum atomic E-state index is 12.1. The molecule has 0 spiro atoms. The van der Waals surface area contributed by atoms with Crippen molar-refractivity contribution in [3.8, 4) is 5.88 Å². The van der Waals surface area contributed by atoms with E-state index in [0.29, 0.717) is 18.1 Å². The number of urea groups is 1. The molecule has 1 fully saturated rings. The predicted molar refractivity (Wildman–Crippen MR) is 74.2 cm³/mol. The van der Waals surface area contributed by atoms with Crippen molar-refractivity contribution in [2.75, 3.05) is 25.5 Å². The average Bonchev–Trinajstić information content (AvgIpc) is 2.80. The molecule has 2 heterocycles. The van der Waals surface area contributed by atoms with Gasteiger partial charge in [0.25, 0.3) is 0 Å². The molecule has 0 aliphatic carbocycles. The fourth-order valence-electron chi connectivity index (χ4n) is 2.33. The van der Waals surface area contributed by atoms with Crippen LogP contribution >= 0.6 is 0 Å². The molecule has 1 aliphatic heterocycles. The average molecular weight is 294 g/mol. The molecule has 2 atom stereocenters. The van der Waals surface area contributed by atoms with Crippen molar-refractivity contribution in [3.05, 3.63) is 11.8 Å². The summed E-state index contributed by atoms with van der Waals surface area (Å²) in [5.41, 5.74) is 0.662. The zero-order valence-corrected chi connectivity index (χ0v) is 12.2. The normalized spacial score (nSPS) is 21.2. The molecular weight excluding hydrogens is 276 g/mol. The van der Waals surface area contributed by atoms with E-state index in [1.54, 1.807) is 13.0 Å². The molecule has 8 heteroatoms. The fraction of sp³-hybridized carbons (Fsp3) is 0.538. The number of carboxylic acids is 1. The van der Waals surface area contributed by atoms with Crippen molar-refractivity contribution >= 4 is 17.9 Å². The molecule has 2 rings (SSSR count). The van der Waals surface area contributed by atoms with Crippen LogP contribution in [0.25, 0.3) is 0 Å². The number of anilines is 1. The van der Waals surface area contributed by atoms with Crippen molar-refractivity contribution in [2.45, 2.75) is 13.8 Å². The van der Waals surface area contributed by atoms with Crippen LogP contribution in [0.1, 0.15) is 12.6 Å². The lowest BCUT2D eigenvalue weighted by Gasteiger charge is -2.16. The summed E-state index contributed by atoms with van der Waals surface area (Å²) in [4.78, 5) is 32.8. The van der Waals surface area contributed by atoms with E-state index < -0.39 is 17.9 Å². The summed E-state index contributed by atoms with van der Waals surface area (Å²) in [6, 6.07) is 1.24. The van der Waals surface area contributed by atoms with Gasteiger partial charge in [-0.3, -0.25) is 10.1 Å². The van der Waals surface area contributed by atoms with E-state index in [2.05, 4.69) is 15.3 Å². The van der Waals surface area contributed by atoms with E-state index in [9.17, 15) is 9.59 Å². The van der Waals surface area contributed by atoms with Gasteiger partial charge in [-0.15, -0.1) is 0 Å². The standard InChI is InChI=1S/C13H18N4O4/c1-7-5-17(6-9(7)11(18)19)13(20)16-12-14-8(2)4-10(15-12)21-3/h4,7,9H,5-6H2,1-3H3,(H,18,19)(H,14,15,16,20). The highest BCUT2D eigenvalue weighted by atomic mass is 16.5. The Morgan fingerprint density at radius 1 is 1.43 bits per heavy atom.